The van der Waals surface area contributed by atoms with E-state index in [1.54, 1.807) is 7.05 Å². The van der Waals surface area contributed by atoms with Gasteiger partial charge in [-0.1, -0.05) is 25.5 Å². The fourth-order valence-electron chi connectivity index (χ4n) is 3.10. The molecule has 0 atom stereocenters. The van der Waals surface area contributed by atoms with Gasteiger partial charge in [0.25, 0.3) is 5.56 Å². The molecule has 0 aliphatic heterocycles. The Bertz CT molecular complexity index is 1180. The predicted molar refractivity (Wildman–Crippen MR) is 107 cm³/mol. The highest BCUT2D eigenvalue weighted by Gasteiger charge is 2.17. The van der Waals surface area contributed by atoms with Gasteiger partial charge in [0.05, 0.1) is 6.42 Å². The molecule has 0 radical (unpaired) electrons. The van der Waals surface area contributed by atoms with E-state index in [0.29, 0.717) is 17.9 Å². The van der Waals surface area contributed by atoms with Crippen LogP contribution in [-0.4, -0.2) is 31.7 Å². The molecule has 166 valence electrons. The molecule has 11 heteroatoms. The van der Waals surface area contributed by atoms with E-state index in [1.807, 2.05) is 6.92 Å². The average Bonchev–Trinajstić information content (AvgIpc) is 3.04. The van der Waals surface area contributed by atoms with Gasteiger partial charge in [-0.05, 0) is 24.1 Å². The zero-order chi connectivity index (χ0) is 22.5. The van der Waals surface area contributed by atoms with Crippen molar-refractivity contribution in [1.29, 1.82) is 0 Å². The third-order valence-corrected chi connectivity index (χ3v) is 4.70. The van der Waals surface area contributed by atoms with E-state index in [4.69, 9.17) is 4.74 Å². The number of carbonyl (C=O) groups excluding carboxylic acids is 1. The molecule has 0 spiro atoms. The highest BCUT2D eigenvalue weighted by molar-refractivity contribution is 5.73. The monoisotopic (exact) mass is 436 g/mol. The van der Waals surface area contributed by atoms with E-state index in [0.717, 1.165) is 12.8 Å². The number of ether oxygens (including phenoxy) is 2. The minimum absolute atomic E-state index is 0.00819. The number of H-pyrrole nitrogens is 1. The Morgan fingerprint density at radius 2 is 1.94 bits per heavy atom. The molecule has 0 fully saturated rings. The number of fused-ring (bicyclic) bond motifs is 1. The number of esters is 1. The van der Waals surface area contributed by atoms with E-state index in [2.05, 4.69) is 14.7 Å². The summed E-state index contributed by atoms with van der Waals surface area (Å²) in [5.74, 6) is -0.261. The molecule has 2 heterocycles. The smallest absolute Gasteiger partial charge is 0.387 e. The van der Waals surface area contributed by atoms with Gasteiger partial charge >= 0.3 is 18.3 Å². The summed E-state index contributed by atoms with van der Waals surface area (Å²) in [4.78, 5) is 43.2. The summed E-state index contributed by atoms with van der Waals surface area (Å²) in [6, 6.07) is 5.64. The standard InChI is InChI=1S/C20H22F2N4O5/c1-3-4-9-26-17-16(18(28)24-20(26)29)25(2)14(23-17)11-30-15(27)10-12-5-7-13(8-6-12)31-19(21)22/h5-8,19H,3-4,9-11H2,1-2H3,(H,24,28,29). The Labute approximate surface area is 175 Å². The lowest BCUT2D eigenvalue weighted by atomic mass is 10.1. The number of nitrogens with zero attached hydrogens (tertiary/aromatic N) is 3. The number of carbonyl (C=O) groups is 1. The fourth-order valence-corrected chi connectivity index (χ4v) is 3.10. The predicted octanol–water partition coefficient (Wildman–Crippen LogP) is 2.11. The van der Waals surface area contributed by atoms with Crippen molar-refractivity contribution in [2.24, 2.45) is 7.05 Å². The number of aromatic amines is 1. The molecule has 0 aliphatic carbocycles. The summed E-state index contributed by atoms with van der Waals surface area (Å²) < 4.78 is 36.8. The van der Waals surface area contributed by atoms with Gasteiger partial charge in [-0.2, -0.15) is 8.78 Å². The third-order valence-electron chi connectivity index (χ3n) is 4.70. The van der Waals surface area contributed by atoms with E-state index in [9.17, 15) is 23.2 Å². The Hall–Kier alpha value is -3.50. The fraction of sp³-hybridized carbons (Fsp3) is 0.400. The van der Waals surface area contributed by atoms with E-state index in [-0.39, 0.29) is 29.9 Å². The van der Waals surface area contributed by atoms with Crippen molar-refractivity contribution in [3.05, 3.63) is 56.5 Å². The molecule has 9 nitrogen and oxygen atoms in total. The quantitative estimate of drug-likeness (QED) is 0.515. The molecular weight excluding hydrogens is 414 g/mol. The number of rotatable bonds is 9. The number of imidazole rings is 1. The van der Waals surface area contributed by atoms with Crippen LogP contribution in [0.2, 0.25) is 0 Å². The van der Waals surface area contributed by atoms with Crippen LogP contribution in [0.3, 0.4) is 0 Å². The molecule has 3 aromatic rings. The average molecular weight is 436 g/mol. The van der Waals surface area contributed by atoms with Crippen molar-refractivity contribution < 1.29 is 23.0 Å². The van der Waals surface area contributed by atoms with Crippen LogP contribution in [-0.2, 0) is 36.2 Å². The molecule has 0 saturated heterocycles. The second-order valence-corrected chi connectivity index (χ2v) is 6.88. The maximum atomic E-state index is 12.2. The first-order valence-electron chi connectivity index (χ1n) is 9.68. The normalized spacial score (nSPS) is 11.3. The van der Waals surface area contributed by atoms with E-state index in [1.165, 1.54) is 33.4 Å². The molecule has 31 heavy (non-hydrogen) atoms. The second kappa shape index (κ2) is 9.54. The second-order valence-electron chi connectivity index (χ2n) is 6.88. The van der Waals surface area contributed by atoms with Crippen LogP contribution in [0.1, 0.15) is 31.2 Å². The number of benzene rings is 1. The molecule has 0 bridgehead atoms. The van der Waals surface area contributed by atoms with Crippen LogP contribution in [0, 0.1) is 0 Å². The maximum Gasteiger partial charge on any atom is 0.387 e. The van der Waals surface area contributed by atoms with Gasteiger partial charge in [0.1, 0.15) is 18.2 Å². The molecule has 3 rings (SSSR count). The Kier molecular flexibility index (Phi) is 6.83. The van der Waals surface area contributed by atoms with Gasteiger partial charge in [0.2, 0.25) is 0 Å². The first-order chi connectivity index (χ1) is 14.8. The number of hydrogen-bond acceptors (Lipinski definition) is 6. The SMILES string of the molecule is CCCCn1c(=O)[nH]c(=O)c2c1nc(COC(=O)Cc1ccc(OC(F)F)cc1)n2C. The Morgan fingerprint density at radius 3 is 2.58 bits per heavy atom. The Balaban J connectivity index is 1.72. The van der Waals surface area contributed by atoms with Crippen LogP contribution >= 0.6 is 0 Å². The summed E-state index contributed by atoms with van der Waals surface area (Å²) in [6.07, 6.45) is 1.52. The van der Waals surface area contributed by atoms with Gasteiger partial charge < -0.3 is 14.0 Å². The molecule has 0 saturated carbocycles. The molecule has 1 aromatic carbocycles. The number of unbranched alkanes of at least 4 members (excludes halogenated alkanes) is 1. The van der Waals surface area contributed by atoms with Crippen LogP contribution in [0.25, 0.3) is 11.2 Å². The van der Waals surface area contributed by atoms with Crippen LogP contribution in [0.15, 0.2) is 33.9 Å². The van der Waals surface area contributed by atoms with Crippen molar-refractivity contribution in [3.63, 3.8) is 0 Å². The highest BCUT2D eigenvalue weighted by atomic mass is 19.3. The number of nitrogens with one attached hydrogen (secondary N) is 1. The number of aryl methyl sites for hydroxylation is 2. The lowest BCUT2D eigenvalue weighted by Gasteiger charge is -2.07. The van der Waals surface area contributed by atoms with Gasteiger partial charge in [0.15, 0.2) is 11.2 Å². The summed E-state index contributed by atoms with van der Waals surface area (Å²) in [6.45, 7) is -0.728. The summed E-state index contributed by atoms with van der Waals surface area (Å²) >= 11 is 0. The molecule has 0 aliphatic rings. The minimum Gasteiger partial charge on any atom is -0.457 e. The molecule has 0 unspecified atom stereocenters. The lowest BCUT2D eigenvalue weighted by Crippen LogP contribution is -2.31. The summed E-state index contributed by atoms with van der Waals surface area (Å²) in [7, 11) is 1.60. The molecule has 1 N–H and O–H groups in total. The Morgan fingerprint density at radius 1 is 1.23 bits per heavy atom. The first-order valence-corrected chi connectivity index (χ1v) is 9.68. The van der Waals surface area contributed by atoms with Crippen molar-refractivity contribution in [3.8, 4) is 5.75 Å². The van der Waals surface area contributed by atoms with Crippen molar-refractivity contribution in [2.45, 2.75) is 45.9 Å². The van der Waals surface area contributed by atoms with E-state index >= 15 is 0 Å². The maximum absolute atomic E-state index is 12.2. The topological polar surface area (TPSA) is 108 Å². The van der Waals surface area contributed by atoms with Crippen molar-refractivity contribution >= 4 is 17.1 Å². The van der Waals surface area contributed by atoms with Gasteiger partial charge in [-0.25, -0.2) is 9.78 Å². The zero-order valence-electron chi connectivity index (χ0n) is 17.1. The van der Waals surface area contributed by atoms with Crippen LogP contribution < -0.4 is 16.0 Å². The van der Waals surface area contributed by atoms with Crippen molar-refractivity contribution in [2.75, 3.05) is 0 Å². The first kappa shape index (κ1) is 22.2. The minimum atomic E-state index is -2.92. The van der Waals surface area contributed by atoms with Gasteiger partial charge in [-0.3, -0.25) is 19.1 Å². The van der Waals surface area contributed by atoms with Gasteiger partial charge in [-0.15, -0.1) is 0 Å². The van der Waals surface area contributed by atoms with E-state index < -0.39 is 23.8 Å². The summed E-state index contributed by atoms with van der Waals surface area (Å²) in [5.41, 5.74) is -0.0819. The third kappa shape index (κ3) is 5.16. The molecular formula is C20H22F2N4O5. The number of alkyl halides is 2. The van der Waals surface area contributed by atoms with Gasteiger partial charge in [0, 0.05) is 13.6 Å². The summed E-state index contributed by atoms with van der Waals surface area (Å²) in [5, 5.41) is 0. The van der Waals surface area contributed by atoms with Crippen molar-refractivity contribution in [1.82, 2.24) is 19.1 Å². The largest absolute Gasteiger partial charge is 0.457 e. The zero-order valence-corrected chi connectivity index (χ0v) is 17.1. The number of hydrogen-bond donors (Lipinski definition) is 1. The highest BCUT2D eigenvalue weighted by Crippen LogP contribution is 2.16. The molecule has 0 amide bonds. The molecule has 2 aromatic heterocycles. The van der Waals surface area contributed by atoms with Crippen LogP contribution in [0.4, 0.5) is 8.78 Å². The van der Waals surface area contributed by atoms with Crippen LogP contribution in [0.5, 0.6) is 5.75 Å². The number of halogens is 2. The lowest BCUT2D eigenvalue weighted by molar-refractivity contribution is -0.144. The number of aromatic nitrogens is 4.